The molecule has 0 aliphatic carbocycles. The van der Waals surface area contributed by atoms with Gasteiger partial charge in [-0.05, 0) is 76.6 Å². The van der Waals surface area contributed by atoms with Crippen molar-refractivity contribution < 1.29 is 18.7 Å². The molecule has 0 unspecified atom stereocenters. The number of phenolic OH excluding ortho intramolecular Hbond substituents is 1. The van der Waals surface area contributed by atoms with Crippen LogP contribution in [0.4, 0.5) is 5.69 Å². The predicted molar refractivity (Wildman–Crippen MR) is 129 cm³/mol. The second kappa shape index (κ2) is 8.29. The summed E-state index contributed by atoms with van der Waals surface area (Å²) in [6, 6.07) is 21.3. The Hall–Kier alpha value is -3.36. The summed E-state index contributed by atoms with van der Waals surface area (Å²) >= 11 is 6.69. The average molecular weight is 554 g/mol. The van der Waals surface area contributed by atoms with E-state index in [-0.39, 0.29) is 17.4 Å². The number of hydrogen-bond acceptors (Lipinski definition) is 5. The smallest absolute Gasteiger partial charge is 0.291 e. The number of nitrogens with zero attached hydrogens (tertiary/aromatic N) is 1. The van der Waals surface area contributed by atoms with E-state index < -0.39 is 0 Å². The number of carbonyl (C=O) groups is 1. The molecule has 0 aliphatic heterocycles. The number of aromatic hydroxyl groups is 1. The lowest BCUT2D eigenvalue weighted by Crippen LogP contribution is -2.10. The van der Waals surface area contributed by atoms with E-state index >= 15 is 0 Å². The number of rotatable bonds is 4. The SMILES string of the molecule is O=C(Nc1ccc2oc(-c3ccc(O)c(Br)c3)nc2c1)c1ccc(-c2ccc(Br)cc2)o1. The van der Waals surface area contributed by atoms with Crippen LogP contribution in [0, 0.1) is 0 Å². The van der Waals surface area contributed by atoms with Gasteiger partial charge in [-0.15, -0.1) is 0 Å². The Kier molecular flexibility index (Phi) is 5.32. The molecule has 2 aromatic heterocycles. The molecule has 3 aromatic carbocycles. The predicted octanol–water partition coefficient (Wildman–Crippen LogP) is 7.24. The number of hydrogen-bond donors (Lipinski definition) is 2. The molecule has 2 heterocycles. The molecule has 0 fully saturated rings. The van der Waals surface area contributed by atoms with Gasteiger partial charge in [0, 0.05) is 21.3 Å². The van der Waals surface area contributed by atoms with Gasteiger partial charge in [0.1, 0.15) is 17.0 Å². The fourth-order valence-electron chi connectivity index (χ4n) is 3.19. The van der Waals surface area contributed by atoms with Crippen molar-refractivity contribution >= 4 is 54.6 Å². The van der Waals surface area contributed by atoms with Gasteiger partial charge in [-0.25, -0.2) is 4.98 Å². The molecule has 0 aliphatic rings. The second-order valence-corrected chi connectivity index (χ2v) is 8.76. The summed E-state index contributed by atoms with van der Waals surface area (Å²) in [4.78, 5) is 17.2. The van der Waals surface area contributed by atoms with Crippen LogP contribution in [0.3, 0.4) is 0 Å². The van der Waals surface area contributed by atoms with Gasteiger partial charge in [0.15, 0.2) is 11.3 Å². The minimum absolute atomic E-state index is 0.135. The van der Waals surface area contributed by atoms with Crippen LogP contribution >= 0.6 is 31.9 Å². The molecule has 1 amide bonds. The molecule has 8 heteroatoms. The van der Waals surface area contributed by atoms with Crippen LogP contribution in [0.2, 0.25) is 0 Å². The highest BCUT2D eigenvalue weighted by Crippen LogP contribution is 2.32. The Balaban J connectivity index is 1.36. The van der Waals surface area contributed by atoms with Gasteiger partial charge in [-0.3, -0.25) is 4.79 Å². The molecule has 0 saturated carbocycles. The number of aromatic nitrogens is 1. The summed E-state index contributed by atoms with van der Waals surface area (Å²) in [7, 11) is 0. The van der Waals surface area contributed by atoms with Gasteiger partial charge < -0.3 is 19.3 Å². The first-order valence-corrected chi connectivity index (χ1v) is 11.1. The van der Waals surface area contributed by atoms with Crippen molar-refractivity contribution in [2.24, 2.45) is 0 Å². The summed E-state index contributed by atoms with van der Waals surface area (Å²) in [5.41, 5.74) is 3.34. The highest BCUT2D eigenvalue weighted by Gasteiger charge is 2.15. The lowest BCUT2D eigenvalue weighted by atomic mass is 10.2. The van der Waals surface area contributed by atoms with E-state index in [4.69, 9.17) is 8.83 Å². The lowest BCUT2D eigenvalue weighted by molar-refractivity contribution is 0.0997. The topological polar surface area (TPSA) is 88.5 Å². The Bertz CT molecular complexity index is 1450. The minimum atomic E-state index is -0.362. The third-order valence-corrected chi connectivity index (χ3v) is 5.96. The first-order valence-electron chi connectivity index (χ1n) is 9.53. The number of phenols is 1. The molecule has 0 bridgehead atoms. The molecule has 6 nitrogen and oxygen atoms in total. The van der Waals surface area contributed by atoms with Crippen LogP contribution < -0.4 is 5.32 Å². The number of furan rings is 1. The molecular formula is C24H14Br2N2O4. The van der Waals surface area contributed by atoms with Gasteiger partial charge >= 0.3 is 0 Å². The maximum Gasteiger partial charge on any atom is 0.291 e. The van der Waals surface area contributed by atoms with E-state index in [2.05, 4.69) is 42.2 Å². The normalized spacial score (nSPS) is 11.1. The van der Waals surface area contributed by atoms with Crippen molar-refractivity contribution in [3.8, 4) is 28.5 Å². The monoisotopic (exact) mass is 552 g/mol. The first kappa shape index (κ1) is 20.5. The van der Waals surface area contributed by atoms with Crippen LogP contribution in [-0.4, -0.2) is 16.0 Å². The highest BCUT2D eigenvalue weighted by atomic mass is 79.9. The Morgan fingerprint density at radius 1 is 0.875 bits per heavy atom. The molecule has 0 radical (unpaired) electrons. The van der Waals surface area contributed by atoms with Crippen molar-refractivity contribution in [2.45, 2.75) is 0 Å². The zero-order valence-electron chi connectivity index (χ0n) is 16.3. The fraction of sp³-hybridized carbons (Fsp3) is 0. The zero-order chi connectivity index (χ0) is 22.2. The van der Waals surface area contributed by atoms with Crippen molar-refractivity contribution in [2.75, 3.05) is 5.32 Å². The van der Waals surface area contributed by atoms with Gasteiger partial charge in [-0.1, -0.05) is 28.1 Å². The van der Waals surface area contributed by atoms with Gasteiger partial charge in [0.25, 0.3) is 5.91 Å². The van der Waals surface area contributed by atoms with Gasteiger partial charge in [-0.2, -0.15) is 0 Å². The van der Waals surface area contributed by atoms with E-state index in [1.54, 1.807) is 48.5 Å². The maximum atomic E-state index is 12.7. The van der Waals surface area contributed by atoms with E-state index in [0.717, 1.165) is 10.0 Å². The fourth-order valence-corrected chi connectivity index (χ4v) is 3.83. The van der Waals surface area contributed by atoms with E-state index in [0.29, 0.717) is 38.5 Å². The van der Waals surface area contributed by atoms with Crippen molar-refractivity contribution in [1.82, 2.24) is 4.98 Å². The van der Waals surface area contributed by atoms with Gasteiger partial charge in [0.2, 0.25) is 5.89 Å². The third kappa shape index (κ3) is 4.06. The summed E-state index contributed by atoms with van der Waals surface area (Å²) < 4.78 is 13.0. The van der Waals surface area contributed by atoms with Crippen molar-refractivity contribution in [1.29, 1.82) is 0 Å². The molecular weight excluding hydrogens is 540 g/mol. The van der Waals surface area contributed by atoms with E-state index in [1.807, 2.05) is 24.3 Å². The summed E-state index contributed by atoms with van der Waals surface area (Å²) in [5.74, 6) is 1.00. The molecule has 0 spiro atoms. The molecule has 2 N–H and O–H groups in total. The lowest BCUT2D eigenvalue weighted by Gasteiger charge is -2.03. The summed E-state index contributed by atoms with van der Waals surface area (Å²) in [6.07, 6.45) is 0. The van der Waals surface area contributed by atoms with Crippen LogP contribution in [0.1, 0.15) is 10.6 Å². The number of nitrogens with one attached hydrogen (secondary N) is 1. The van der Waals surface area contributed by atoms with E-state index in [1.165, 1.54) is 0 Å². The van der Waals surface area contributed by atoms with Crippen molar-refractivity contribution in [3.63, 3.8) is 0 Å². The number of fused-ring (bicyclic) bond motifs is 1. The maximum absolute atomic E-state index is 12.7. The van der Waals surface area contributed by atoms with Crippen LogP contribution in [0.15, 0.2) is 90.6 Å². The number of carbonyl (C=O) groups excluding carboxylic acids is 1. The van der Waals surface area contributed by atoms with Crippen molar-refractivity contribution in [3.05, 3.63) is 87.5 Å². The molecule has 5 aromatic rings. The summed E-state index contributed by atoms with van der Waals surface area (Å²) in [5, 5.41) is 12.5. The molecule has 158 valence electrons. The third-order valence-electron chi connectivity index (χ3n) is 4.80. The van der Waals surface area contributed by atoms with Gasteiger partial charge in [0.05, 0.1) is 4.47 Å². The standard InChI is InChI=1S/C24H14Br2N2O4/c25-15-4-1-13(2-5-15)20-9-10-22(31-20)23(30)27-16-6-8-21-18(12-16)28-24(32-21)14-3-7-19(29)17(26)11-14/h1-12,29H,(H,27,30). The Morgan fingerprint density at radius 2 is 1.66 bits per heavy atom. The number of amides is 1. The number of anilines is 1. The molecule has 32 heavy (non-hydrogen) atoms. The Morgan fingerprint density at radius 3 is 2.44 bits per heavy atom. The summed E-state index contributed by atoms with van der Waals surface area (Å²) in [6.45, 7) is 0. The van der Waals surface area contributed by atoms with Crippen LogP contribution in [0.25, 0.3) is 33.9 Å². The number of halogens is 2. The first-order chi connectivity index (χ1) is 15.5. The number of oxazole rings is 1. The van der Waals surface area contributed by atoms with Crippen LogP contribution in [0.5, 0.6) is 5.75 Å². The Labute approximate surface area is 199 Å². The van der Waals surface area contributed by atoms with Crippen LogP contribution in [-0.2, 0) is 0 Å². The zero-order valence-corrected chi connectivity index (χ0v) is 19.5. The quantitative estimate of drug-likeness (QED) is 0.245. The largest absolute Gasteiger partial charge is 0.507 e. The molecule has 0 atom stereocenters. The number of benzene rings is 3. The van der Waals surface area contributed by atoms with E-state index in [9.17, 15) is 9.90 Å². The highest BCUT2D eigenvalue weighted by molar-refractivity contribution is 9.10. The average Bonchev–Trinajstić information content (AvgIpc) is 3.43. The second-order valence-electron chi connectivity index (χ2n) is 6.99. The molecule has 5 rings (SSSR count). The minimum Gasteiger partial charge on any atom is -0.507 e. The molecule has 0 saturated heterocycles.